The maximum absolute atomic E-state index is 13.7. The number of hydrogen-bond acceptors (Lipinski definition) is 5. The maximum Gasteiger partial charge on any atom is 0.208 e. The van der Waals surface area contributed by atoms with E-state index in [1.807, 2.05) is 27.8 Å². The van der Waals surface area contributed by atoms with Gasteiger partial charge >= 0.3 is 0 Å². The highest BCUT2D eigenvalue weighted by Crippen LogP contribution is 2.22. The summed E-state index contributed by atoms with van der Waals surface area (Å²) < 4.78 is 25.3. The Kier molecular flexibility index (Phi) is 6.60. The van der Waals surface area contributed by atoms with Crippen LogP contribution in [0.5, 0.6) is 5.75 Å². The van der Waals surface area contributed by atoms with Crippen LogP contribution in [0, 0.1) is 11.7 Å². The summed E-state index contributed by atoms with van der Waals surface area (Å²) in [5.41, 5.74) is 0.799. The van der Waals surface area contributed by atoms with Crippen LogP contribution in [0.25, 0.3) is 0 Å². The van der Waals surface area contributed by atoms with E-state index >= 15 is 0 Å². The molecule has 1 saturated heterocycles. The fourth-order valence-corrected chi connectivity index (χ4v) is 3.53. The smallest absolute Gasteiger partial charge is 0.208 e. The summed E-state index contributed by atoms with van der Waals surface area (Å²) in [6.45, 7) is 10.2. The Morgan fingerprint density at radius 1 is 1.18 bits per heavy atom. The van der Waals surface area contributed by atoms with Crippen molar-refractivity contribution in [1.82, 2.24) is 9.80 Å². The molecule has 0 radical (unpaired) electrons. The molecule has 3 rings (SSSR count). The van der Waals surface area contributed by atoms with E-state index in [-0.39, 0.29) is 11.4 Å². The first-order valence-corrected chi connectivity index (χ1v) is 10.1. The molecule has 0 amide bonds. The van der Waals surface area contributed by atoms with Gasteiger partial charge in [-0.05, 0) is 64.8 Å². The Labute approximate surface area is 167 Å². The zero-order valence-corrected chi connectivity index (χ0v) is 17.4. The van der Waals surface area contributed by atoms with Crippen LogP contribution in [-0.2, 0) is 4.74 Å². The van der Waals surface area contributed by atoms with Gasteiger partial charge in [0.15, 0.2) is 11.6 Å². The number of halogens is 1. The Balaban J connectivity index is 1.46. The molecule has 2 aliphatic heterocycles. The third-order valence-corrected chi connectivity index (χ3v) is 4.85. The second-order valence-electron chi connectivity index (χ2n) is 8.72. The molecule has 5 nitrogen and oxygen atoms in total. The molecule has 0 aromatic heterocycles. The van der Waals surface area contributed by atoms with Gasteiger partial charge in [-0.25, -0.2) is 9.38 Å². The molecule has 0 atom stereocenters. The summed E-state index contributed by atoms with van der Waals surface area (Å²) in [4.78, 5) is 9.27. The SMILES string of the molecule is CN1C=C(CN2CCC(COc3ccccc3F)CC2)N=C(OC(C)(C)C)C1. The van der Waals surface area contributed by atoms with Crippen molar-refractivity contribution < 1.29 is 13.9 Å². The molecule has 1 aromatic carbocycles. The number of likely N-dealkylation sites (tertiary alicyclic amines) is 1. The number of para-hydroxylation sites is 1. The Morgan fingerprint density at radius 3 is 2.57 bits per heavy atom. The Bertz CT molecular complexity index is 719. The molecular weight excluding hydrogens is 357 g/mol. The van der Waals surface area contributed by atoms with Gasteiger partial charge in [0.2, 0.25) is 5.90 Å². The third-order valence-electron chi connectivity index (χ3n) is 4.85. The topological polar surface area (TPSA) is 37.3 Å². The summed E-state index contributed by atoms with van der Waals surface area (Å²) >= 11 is 0. The average molecular weight is 390 g/mol. The zero-order valence-electron chi connectivity index (χ0n) is 17.4. The molecule has 2 heterocycles. The predicted octanol–water partition coefficient (Wildman–Crippen LogP) is 3.92. The lowest BCUT2D eigenvalue weighted by molar-refractivity contribution is 0.108. The van der Waals surface area contributed by atoms with Crippen LogP contribution in [0.2, 0.25) is 0 Å². The van der Waals surface area contributed by atoms with Crippen molar-refractivity contribution in [2.75, 3.05) is 39.8 Å². The molecule has 0 N–H and O–H groups in total. The number of aliphatic imine (C=N–C) groups is 1. The monoisotopic (exact) mass is 389 g/mol. The predicted molar refractivity (Wildman–Crippen MR) is 110 cm³/mol. The normalized spacial score (nSPS) is 19.2. The highest BCUT2D eigenvalue weighted by Gasteiger charge is 2.23. The lowest BCUT2D eigenvalue weighted by Crippen LogP contribution is -2.38. The van der Waals surface area contributed by atoms with Gasteiger partial charge in [0.1, 0.15) is 5.60 Å². The van der Waals surface area contributed by atoms with Crippen LogP contribution < -0.4 is 4.74 Å². The minimum atomic E-state index is -0.292. The van der Waals surface area contributed by atoms with Crippen molar-refractivity contribution in [3.63, 3.8) is 0 Å². The molecule has 1 fully saturated rings. The molecule has 1 aromatic rings. The van der Waals surface area contributed by atoms with E-state index in [9.17, 15) is 4.39 Å². The van der Waals surface area contributed by atoms with E-state index < -0.39 is 0 Å². The second kappa shape index (κ2) is 8.95. The standard InChI is InChI=1S/C22H32FN3O2/c1-22(2,3)28-21-15-25(4)13-18(24-21)14-26-11-9-17(10-12-26)16-27-20-8-6-5-7-19(20)23/h5-8,13,17H,9-12,14-16H2,1-4H3. The molecule has 0 bridgehead atoms. The van der Waals surface area contributed by atoms with E-state index in [4.69, 9.17) is 14.5 Å². The highest BCUT2D eigenvalue weighted by molar-refractivity contribution is 5.80. The van der Waals surface area contributed by atoms with Crippen LogP contribution in [-0.4, -0.2) is 61.1 Å². The average Bonchev–Trinajstić information content (AvgIpc) is 2.60. The molecule has 0 aliphatic carbocycles. The number of likely N-dealkylation sites (N-methyl/N-ethyl adjacent to an activating group) is 1. The molecule has 0 spiro atoms. The van der Waals surface area contributed by atoms with Gasteiger partial charge in [-0.15, -0.1) is 0 Å². The lowest BCUT2D eigenvalue weighted by Gasteiger charge is -2.33. The van der Waals surface area contributed by atoms with Gasteiger partial charge in [-0.3, -0.25) is 4.90 Å². The Hall–Kier alpha value is -2.08. The second-order valence-corrected chi connectivity index (χ2v) is 8.72. The largest absolute Gasteiger partial charge is 0.490 e. The van der Waals surface area contributed by atoms with Crippen LogP contribution in [0.15, 0.2) is 41.2 Å². The summed E-state index contributed by atoms with van der Waals surface area (Å²) in [6.07, 6.45) is 4.20. The molecule has 154 valence electrons. The summed E-state index contributed by atoms with van der Waals surface area (Å²) in [5.74, 6) is 1.29. The molecule has 6 heteroatoms. The molecular formula is C22H32FN3O2. The van der Waals surface area contributed by atoms with Crippen molar-refractivity contribution in [3.8, 4) is 5.75 Å². The number of piperidine rings is 1. The van der Waals surface area contributed by atoms with Crippen molar-refractivity contribution in [1.29, 1.82) is 0 Å². The summed E-state index contributed by atoms with van der Waals surface area (Å²) in [5, 5.41) is 0. The van der Waals surface area contributed by atoms with Gasteiger partial charge < -0.3 is 14.4 Å². The number of benzene rings is 1. The summed E-state index contributed by atoms with van der Waals surface area (Å²) in [7, 11) is 2.05. The first-order valence-electron chi connectivity index (χ1n) is 10.1. The van der Waals surface area contributed by atoms with Crippen molar-refractivity contribution >= 4 is 5.90 Å². The first-order chi connectivity index (χ1) is 13.3. The minimum Gasteiger partial charge on any atom is -0.490 e. The van der Waals surface area contributed by atoms with Crippen molar-refractivity contribution in [2.24, 2.45) is 10.9 Å². The van der Waals surface area contributed by atoms with E-state index in [2.05, 4.69) is 16.0 Å². The van der Waals surface area contributed by atoms with Crippen molar-refractivity contribution in [3.05, 3.63) is 42.0 Å². The van der Waals surface area contributed by atoms with E-state index in [1.54, 1.807) is 18.2 Å². The van der Waals surface area contributed by atoms with E-state index in [0.717, 1.165) is 44.1 Å². The third kappa shape index (κ3) is 6.23. The quantitative estimate of drug-likeness (QED) is 0.765. The van der Waals surface area contributed by atoms with Crippen LogP contribution in [0.1, 0.15) is 33.6 Å². The fraction of sp³-hybridized carbons (Fsp3) is 0.591. The van der Waals surface area contributed by atoms with Gasteiger partial charge in [0.25, 0.3) is 0 Å². The van der Waals surface area contributed by atoms with E-state index in [0.29, 0.717) is 24.8 Å². The first kappa shape index (κ1) is 20.6. The van der Waals surface area contributed by atoms with E-state index in [1.165, 1.54) is 6.07 Å². The number of hydrogen-bond donors (Lipinski definition) is 0. The van der Waals surface area contributed by atoms with Crippen LogP contribution in [0.4, 0.5) is 4.39 Å². The van der Waals surface area contributed by atoms with Gasteiger partial charge in [0.05, 0.1) is 18.8 Å². The fourth-order valence-electron chi connectivity index (χ4n) is 3.53. The molecule has 0 unspecified atom stereocenters. The zero-order chi connectivity index (χ0) is 20.1. The minimum absolute atomic E-state index is 0.237. The van der Waals surface area contributed by atoms with Crippen molar-refractivity contribution in [2.45, 2.75) is 39.2 Å². The molecule has 0 saturated carbocycles. The number of ether oxygens (including phenoxy) is 2. The molecule has 2 aliphatic rings. The maximum atomic E-state index is 13.7. The Morgan fingerprint density at radius 2 is 1.89 bits per heavy atom. The van der Waals surface area contributed by atoms with Gasteiger partial charge in [-0.2, -0.15) is 0 Å². The van der Waals surface area contributed by atoms with Gasteiger partial charge in [0, 0.05) is 19.8 Å². The highest BCUT2D eigenvalue weighted by atomic mass is 19.1. The summed E-state index contributed by atoms with van der Waals surface area (Å²) in [6, 6.07) is 6.60. The number of rotatable bonds is 5. The van der Waals surface area contributed by atoms with Gasteiger partial charge in [-0.1, -0.05) is 12.1 Å². The molecule has 28 heavy (non-hydrogen) atoms. The van der Waals surface area contributed by atoms with Crippen LogP contribution >= 0.6 is 0 Å². The van der Waals surface area contributed by atoms with Crippen LogP contribution in [0.3, 0.4) is 0 Å². The lowest BCUT2D eigenvalue weighted by atomic mass is 9.97. The number of nitrogens with zero attached hydrogens (tertiary/aromatic N) is 3.